The lowest BCUT2D eigenvalue weighted by atomic mass is 10.1. The zero-order chi connectivity index (χ0) is 24.5. The molecule has 0 fully saturated rings. The molecule has 0 bridgehead atoms. The van der Waals surface area contributed by atoms with Crippen LogP contribution in [0, 0.1) is 0 Å². The molecule has 0 unspecified atom stereocenters. The van der Waals surface area contributed by atoms with Crippen molar-refractivity contribution >= 4 is 55.3 Å². The molecule has 0 saturated carbocycles. The van der Waals surface area contributed by atoms with E-state index in [1.165, 1.54) is 17.4 Å². The fourth-order valence-electron chi connectivity index (χ4n) is 3.79. The molecule has 9 heteroatoms. The maximum atomic E-state index is 13.1. The molecule has 3 aromatic carbocycles. The number of ether oxygens (including phenoxy) is 2. The lowest BCUT2D eigenvalue weighted by Crippen LogP contribution is -2.22. The molecule has 35 heavy (non-hydrogen) atoms. The van der Waals surface area contributed by atoms with E-state index in [0.29, 0.717) is 32.1 Å². The number of benzene rings is 3. The number of rotatable bonds is 7. The highest BCUT2D eigenvalue weighted by Crippen LogP contribution is 2.37. The summed E-state index contributed by atoms with van der Waals surface area (Å²) in [5.41, 5.74) is 3.15. The SMILES string of the molecule is CCOc1cc(/C=c2\sc3nc4ccccc4n3c2=O)cc(Br)c1OCc1cccc(C(=O)O)c1. The molecule has 0 aliphatic heterocycles. The number of carboxylic acid groups (broad SMARTS) is 1. The lowest BCUT2D eigenvalue weighted by Gasteiger charge is -2.15. The average Bonchev–Trinajstić information content (AvgIpc) is 3.35. The first-order chi connectivity index (χ1) is 16.9. The number of fused-ring (bicyclic) bond motifs is 3. The molecular formula is C26H19BrN2O5S. The molecule has 7 nitrogen and oxygen atoms in total. The minimum absolute atomic E-state index is 0.119. The standard InChI is InChI=1S/C26H19BrN2O5S/c1-2-33-21-12-16(11-18(27)23(21)34-14-15-6-5-7-17(10-15)25(31)32)13-22-24(30)29-20-9-4-3-8-19(20)28-26(29)35-22/h3-13H,2,14H2,1H3,(H,31,32)/b22-13-. The van der Waals surface area contributed by atoms with Gasteiger partial charge in [0.05, 0.1) is 32.2 Å². The number of imidazole rings is 1. The van der Waals surface area contributed by atoms with Gasteiger partial charge in [-0.15, -0.1) is 0 Å². The lowest BCUT2D eigenvalue weighted by molar-refractivity contribution is 0.0696. The Morgan fingerprint density at radius 1 is 1.14 bits per heavy atom. The predicted octanol–water partition coefficient (Wildman–Crippen LogP) is 4.90. The number of hydrogen-bond donors (Lipinski definition) is 1. The monoisotopic (exact) mass is 550 g/mol. The predicted molar refractivity (Wildman–Crippen MR) is 139 cm³/mol. The van der Waals surface area contributed by atoms with Crippen LogP contribution in [0.5, 0.6) is 11.5 Å². The molecule has 0 aliphatic rings. The minimum Gasteiger partial charge on any atom is -0.490 e. The van der Waals surface area contributed by atoms with Crippen molar-refractivity contribution in [3.8, 4) is 11.5 Å². The first-order valence-corrected chi connectivity index (χ1v) is 12.4. The molecule has 176 valence electrons. The second-order valence-electron chi connectivity index (χ2n) is 7.69. The largest absolute Gasteiger partial charge is 0.490 e. The Morgan fingerprint density at radius 2 is 1.97 bits per heavy atom. The van der Waals surface area contributed by atoms with Crippen molar-refractivity contribution in [3.05, 3.63) is 96.7 Å². The summed E-state index contributed by atoms with van der Waals surface area (Å²) in [6.07, 6.45) is 1.81. The summed E-state index contributed by atoms with van der Waals surface area (Å²) in [5.74, 6) is 0.0236. The first-order valence-electron chi connectivity index (χ1n) is 10.8. The van der Waals surface area contributed by atoms with Crippen LogP contribution in [0.3, 0.4) is 0 Å². The number of carbonyl (C=O) groups is 1. The van der Waals surface area contributed by atoms with Gasteiger partial charge >= 0.3 is 5.97 Å². The van der Waals surface area contributed by atoms with E-state index in [2.05, 4.69) is 20.9 Å². The van der Waals surface area contributed by atoms with Crippen molar-refractivity contribution in [1.29, 1.82) is 0 Å². The molecule has 2 heterocycles. The maximum Gasteiger partial charge on any atom is 0.335 e. The number of halogens is 1. The number of carboxylic acids is 1. The van der Waals surface area contributed by atoms with Gasteiger partial charge < -0.3 is 14.6 Å². The Morgan fingerprint density at radius 3 is 2.77 bits per heavy atom. The van der Waals surface area contributed by atoms with E-state index in [-0.39, 0.29) is 17.7 Å². The molecule has 0 amide bonds. The van der Waals surface area contributed by atoms with Gasteiger partial charge in [0.2, 0.25) is 0 Å². The van der Waals surface area contributed by atoms with Crippen LogP contribution in [-0.2, 0) is 6.61 Å². The van der Waals surface area contributed by atoms with Crippen LogP contribution in [-0.4, -0.2) is 27.1 Å². The smallest absolute Gasteiger partial charge is 0.335 e. The van der Waals surface area contributed by atoms with Crippen molar-refractivity contribution < 1.29 is 19.4 Å². The van der Waals surface area contributed by atoms with E-state index >= 15 is 0 Å². The molecule has 5 rings (SSSR count). The van der Waals surface area contributed by atoms with E-state index < -0.39 is 5.97 Å². The molecule has 0 saturated heterocycles. The summed E-state index contributed by atoms with van der Waals surface area (Å²) >= 11 is 4.89. The van der Waals surface area contributed by atoms with E-state index in [1.807, 2.05) is 49.4 Å². The van der Waals surface area contributed by atoms with Gasteiger partial charge in [-0.05, 0) is 76.5 Å². The second kappa shape index (κ2) is 9.52. The summed E-state index contributed by atoms with van der Waals surface area (Å²) in [4.78, 5) is 29.5. The van der Waals surface area contributed by atoms with Crippen molar-refractivity contribution in [3.63, 3.8) is 0 Å². The number of para-hydroxylation sites is 2. The number of aromatic carboxylic acids is 1. The molecule has 0 spiro atoms. The van der Waals surface area contributed by atoms with Gasteiger partial charge in [0, 0.05) is 0 Å². The summed E-state index contributed by atoms with van der Waals surface area (Å²) in [5, 5.41) is 9.21. The summed E-state index contributed by atoms with van der Waals surface area (Å²) in [7, 11) is 0. The van der Waals surface area contributed by atoms with Gasteiger partial charge in [-0.2, -0.15) is 0 Å². The third kappa shape index (κ3) is 4.52. The summed E-state index contributed by atoms with van der Waals surface area (Å²) < 4.78 is 14.7. The van der Waals surface area contributed by atoms with Crippen LogP contribution in [0.4, 0.5) is 0 Å². The Bertz CT molecular complexity index is 1690. The van der Waals surface area contributed by atoms with E-state index in [1.54, 1.807) is 22.6 Å². The summed E-state index contributed by atoms with van der Waals surface area (Å²) in [6.45, 7) is 2.47. The quantitative estimate of drug-likeness (QED) is 0.310. The number of hydrogen-bond acceptors (Lipinski definition) is 6. The van der Waals surface area contributed by atoms with Crippen LogP contribution in [0.15, 0.2) is 69.9 Å². The molecule has 0 aliphatic carbocycles. The number of thiazole rings is 1. The van der Waals surface area contributed by atoms with Crippen molar-refractivity contribution in [2.45, 2.75) is 13.5 Å². The Hall–Kier alpha value is -3.69. The van der Waals surface area contributed by atoms with E-state index in [9.17, 15) is 14.7 Å². The van der Waals surface area contributed by atoms with E-state index in [0.717, 1.165) is 22.2 Å². The van der Waals surface area contributed by atoms with Crippen molar-refractivity contribution in [1.82, 2.24) is 9.38 Å². The molecule has 2 aromatic heterocycles. The van der Waals surface area contributed by atoms with Crippen LogP contribution in [0.25, 0.3) is 22.1 Å². The molecule has 0 radical (unpaired) electrons. The Labute approximate surface area is 212 Å². The first kappa shape index (κ1) is 23.1. The van der Waals surface area contributed by atoms with Crippen molar-refractivity contribution in [2.24, 2.45) is 0 Å². The minimum atomic E-state index is -0.991. The van der Waals surface area contributed by atoms with E-state index in [4.69, 9.17) is 9.47 Å². The van der Waals surface area contributed by atoms with Crippen LogP contribution < -0.4 is 19.6 Å². The van der Waals surface area contributed by atoms with Crippen LogP contribution in [0.2, 0.25) is 0 Å². The van der Waals surface area contributed by atoms with Gasteiger partial charge in [-0.3, -0.25) is 4.79 Å². The highest BCUT2D eigenvalue weighted by molar-refractivity contribution is 9.10. The number of nitrogens with zero attached hydrogens (tertiary/aromatic N) is 2. The van der Waals surface area contributed by atoms with Crippen LogP contribution >= 0.6 is 27.3 Å². The molecule has 1 N–H and O–H groups in total. The molecular weight excluding hydrogens is 532 g/mol. The third-order valence-electron chi connectivity index (χ3n) is 5.33. The number of aromatic nitrogens is 2. The Balaban J connectivity index is 1.50. The fraction of sp³-hybridized carbons (Fsp3) is 0.115. The fourth-order valence-corrected chi connectivity index (χ4v) is 5.35. The molecule has 5 aromatic rings. The van der Waals surface area contributed by atoms with Gasteiger partial charge in [0.1, 0.15) is 6.61 Å². The normalized spacial score (nSPS) is 11.9. The zero-order valence-corrected chi connectivity index (χ0v) is 20.9. The zero-order valence-electron chi connectivity index (χ0n) is 18.5. The van der Waals surface area contributed by atoms with Crippen LogP contribution in [0.1, 0.15) is 28.4 Å². The van der Waals surface area contributed by atoms with Gasteiger partial charge in [-0.25, -0.2) is 14.2 Å². The van der Waals surface area contributed by atoms with Gasteiger partial charge in [0.25, 0.3) is 5.56 Å². The maximum absolute atomic E-state index is 13.1. The second-order valence-corrected chi connectivity index (χ2v) is 9.55. The van der Waals surface area contributed by atoms with Crippen molar-refractivity contribution in [2.75, 3.05) is 6.61 Å². The average molecular weight is 551 g/mol. The summed E-state index contributed by atoms with van der Waals surface area (Å²) in [6, 6.07) is 17.8. The topological polar surface area (TPSA) is 90.1 Å². The van der Waals surface area contributed by atoms with Gasteiger partial charge in [-0.1, -0.05) is 35.6 Å². The Kier molecular flexibility index (Phi) is 6.27. The highest BCUT2D eigenvalue weighted by Gasteiger charge is 2.14. The van der Waals surface area contributed by atoms with Gasteiger partial charge in [0.15, 0.2) is 16.5 Å². The third-order valence-corrected chi connectivity index (χ3v) is 6.89. The molecule has 0 atom stereocenters. The highest BCUT2D eigenvalue weighted by atomic mass is 79.9.